The first-order chi connectivity index (χ1) is 8.69. The number of carbonyl (C=O) groups is 1. The zero-order valence-corrected chi connectivity index (χ0v) is 11.3. The van der Waals surface area contributed by atoms with Crippen LogP contribution in [-0.2, 0) is 17.6 Å². The molecule has 1 fully saturated rings. The second-order valence-corrected chi connectivity index (χ2v) is 4.87. The van der Waals surface area contributed by atoms with E-state index in [4.69, 9.17) is 5.73 Å². The van der Waals surface area contributed by atoms with Gasteiger partial charge in [-0.25, -0.2) is 0 Å². The van der Waals surface area contributed by atoms with Crippen molar-refractivity contribution in [1.29, 1.82) is 0 Å². The lowest BCUT2D eigenvalue weighted by Gasteiger charge is -2.33. The monoisotopic (exact) mass is 246 g/mol. The molecule has 1 aromatic rings. The van der Waals surface area contributed by atoms with Crippen molar-refractivity contribution < 1.29 is 4.79 Å². The molecule has 1 aliphatic rings. The van der Waals surface area contributed by atoms with E-state index in [1.165, 1.54) is 11.1 Å². The highest BCUT2D eigenvalue weighted by Crippen LogP contribution is 2.29. The van der Waals surface area contributed by atoms with E-state index in [0.29, 0.717) is 0 Å². The van der Waals surface area contributed by atoms with Crippen molar-refractivity contribution >= 4 is 11.6 Å². The standard InChI is InChI=1S/C15H22N2O/c1-3-11-7-5-8-12(4-2)14(11)17-10-6-9-13(16)15(17)18/h5,7-8,13H,3-4,6,9-10,16H2,1-2H3. The summed E-state index contributed by atoms with van der Waals surface area (Å²) in [6.45, 7) is 5.07. The molecule has 18 heavy (non-hydrogen) atoms. The normalized spacial score (nSPS) is 20.3. The molecule has 0 saturated carbocycles. The third-order valence-corrected chi connectivity index (χ3v) is 3.71. The highest BCUT2D eigenvalue weighted by Gasteiger charge is 2.28. The second kappa shape index (κ2) is 5.53. The van der Waals surface area contributed by atoms with E-state index in [-0.39, 0.29) is 11.9 Å². The van der Waals surface area contributed by atoms with Crippen molar-refractivity contribution in [2.24, 2.45) is 5.73 Å². The Morgan fingerprint density at radius 1 is 1.28 bits per heavy atom. The maximum absolute atomic E-state index is 12.3. The van der Waals surface area contributed by atoms with Crippen molar-refractivity contribution in [3.8, 4) is 0 Å². The molecule has 0 aromatic heterocycles. The Morgan fingerprint density at radius 2 is 1.89 bits per heavy atom. The number of anilines is 1. The number of amides is 1. The van der Waals surface area contributed by atoms with E-state index in [1.807, 2.05) is 4.90 Å². The Labute approximate surface area is 109 Å². The van der Waals surface area contributed by atoms with E-state index in [2.05, 4.69) is 32.0 Å². The van der Waals surface area contributed by atoms with Crippen LogP contribution < -0.4 is 10.6 Å². The molecule has 3 heteroatoms. The number of para-hydroxylation sites is 1. The maximum Gasteiger partial charge on any atom is 0.243 e. The number of nitrogens with zero attached hydrogens (tertiary/aromatic N) is 1. The van der Waals surface area contributed by atoms with E-state index in [1.54, 1.807) is 0 Å². The number of rotatable bonds is 3. The Morgan fingerprint density at radius 3 is 2.44 bits per heavy atom. The fourth-order valence-corrected chi connectivity index (χ4v) is 2.69. The van der Waals surface area contributed by atoms with Crippen molar-refractivity contribution in [3.05, 3.63) is 29.3 Å². The van der Waals surface area contributed by atoms with Crippen LogP contribution in [0, 0.1) is 0 Å². The lowest BCUT2D eigenvalue weighted by atomic mass is 9.98. The largest absolute Gasteiger partial charge is 0.320 e. The van der Waals surface area contributed by atoms with Gasteiger partial charge in [0.05, 0.1) is 11.7 Å². The zero-order chi connectivity index (χ0) is 13.1. The summed E-state index contributed by atoms with van der Waals surface area (Å²) in [6.07, 6.45) is 3.70. The van der Waals surface area contributed by atoms with Gasteiger partial charge in [0.15, 0.2) is 0 Å². The van der Waals surface area contributed by atoms with Crippen LogP contribution >= 0.6 is 0 Å². The van der Waals surface area contributed by atoms with Crippen molar-refractivity contribution in [2.45, 2.75) is 45.6 Å². The van der Waals surface area contributed by atoms with Gasteiger partial charge in [0.2, 0.25) is 5.91 Å². The quantitative estimate of drug-likeness (QED) is 0.889. The first-order valence-electron chi connectivity index (χ1n) is 6.86. The minimum absolute atomic E-state index is 0.0804. The van der Waals surface area contributed by atoms with Crippen LogP contribution in [0.15, 0.2) is 18.2 Å². The van der Waals surface area contributed by atoms with Crippen molar-refractivity contribution in [2.75, 3.05) is 11.4 Å². The maximum atomic E-state index is 12.3. The molecular weight excluding hydrogens is 224 g/mol. The third-order valence-electron chi connectivity index (χ3n) is 3.71. The molecule has 1 amide bonds. The summed E-state index contributed by atoms with van der Waals surface area (Å²) in [4.78, 5) is 14.2. The number of nitrogens with two attached hydrogens (primary N) is 1. The number of aryl methyl sites for hydroxylation is 2. The summed E-state index contributed by atoms with van der Waals surface area (Å²) < 4.78 is 0. The molecule has 0 aliphatic carbocycles. The topological polar surface area (TPSA) is 46.3 Å². The van der Waals surface area contributed by atoms with E-state index >= 15 is 0 Å². The predicted octanol–water partition coefficient (Wildman–Crippen LogP) is 2.27. The van der Waals surface area contributed by atoms with E-state index in [0.717, 1.165) is 37.9 Å². The fraction of sp³-hybridized carbons (Fsp3) is 0.533. The number of benzene rings is 1. The molecule has 1 heterocycles. The molecule has 1 saturated heterocycles. The average molecular weight is 246 g/mol. The second-order valence-electron chi connectivity index (χ2n) is 4.87. The molecule has 1 aromatic carbocycles. The first kappa shape index (κ1) is 13.1. The minimum Gasteiger partial charge on any atom is -0.320 e. The summed E-state index contributed by atoms with van der Waals surface area (Å²) in [5, 5.41) is 0. The predicted molar refractivity (Wildman–Crippen MR) is 74.8 cm³/mol. The van der Waals surface area contributed by atoms with Crippen molar-refractivity contribution in [1.82, 2.24) is 0 Å². The number of piperidine rings is 1. The summed E-state index contributed by atoms with van der Waals surface area (Å²) in [5.41, 5.74) is 9.51. The van der Waals surface area contributed by atoms with Gasteiger partial charge in [-0.1, -0.05) is 32.0 Å². The molecule has 1 atom stereocenters. The van der Waals surface area contributed by atoms with Gasteiger partial charge in [-0.2, -0.15) is 0 Å². The lowest BCUT2D eigenvalue weighted by molar-refractivity contribution is -0.120. The Kier molecular flexibility index (Phi) is 4.02. The lowest BCUT2D eigenvalue weighted by Crippen LogP contribution is -2.49. The van der Waals surface area contributed by atoms with Gasteiger partial charge in [-0.15, -0.1) is 0 Å². The fourth-order valence-electron chi connectivity index (χ4n) is 2.69. The van der Waals surface area contributed by atoms with Gasteiger partial charge < -0.3 is 10.6 Å². The van der Waals surface area contributed by atoms with Gasteiger partial charge in [-0.3, -0.25) is 4.79 Å². The molecule has 98 valence electrons. The number of carbonyl (C=O) groups excluding carboxylic acids is 1. The van der Waals surface area contributed by atoms with Gasteiger partial charge in [-0.05, 0) is 36.8 Å². The number of hydrogen-bond donors (Lipinski definition) is 1. The van der Waals surface area contributed by atoms with Crippen LogP contribution in [0.1, 0.15) is 37.8 Å². The van der Waals surface area contributed by atoms with Crippen LogP contribution in [0.3, 0.4) is 0 Å². The smallest absolute Gasteiger partial charge is 0.243 e. The van der Waals surface area contributed by atoms with Gasteiger partial charge in [0.1, 0.15) is 0 Å². The Bertz CT molecular complexity index is 420. The molecule has 0 spiro atoms. The van der Waals surface area contributed by atoms with Gasteiger partial charge >= 0.3 is 0 Å². The first-order valence-corrected chi connectivity index (χ1v) is 6.86. The van der Waals surface area contributed by atoms with E-state index < -0.39 is 0 Å². The molecule has 2 rings (SSSR count). The zero-order valence-electron chi connectivity index (χ0n) is 11.3. The third kappa shape index (κ3) is 2.27. The van der Waals surface area contributed by atoms with Crippen LogP contribution in [0.4, 0.5) is 5.69 Å². The highest BCUT2D eigenvalue weighted by molar-refractivity contribution is 5.99. The van der Waals surface area contributed by atoms with E-state index in [9.17, 15) is 4.79 Å². The van der Waals surface area contributed by atoms with Crippen LogP contribution in [0.5, 0.6) is 0 Å². The average Bonchev–Trinajstić information content (AvgIpc) is 2.41. The van der Waals surface area contributed by atoms with Crippen LogP contribution in [-0.4, -0.2) is 18.5 Å². The molecular formula is C15H22N2O. The molecule has 1 unspecified atom stereocenters. The summed E-state index contributed by atoms with van der Waals surface area (Å²) >= 11 is 0. The molecule has 0 bridgehead atoms. The highest BCUT2D eigenvalue weighted by atomic mass is 16.2. The van der Waals surface area contributed by atoms with Gasteiger partial charge in [0, 0.05) is 6.54 Å². The summed E-state index contributed by atoms with van der Waals surface area (Å²) in [6, 6.07) is 5.98. The van der Waals surface area contributed by atoms with Crippen molar-refractivity contribution in [3.63, 3.8) is 0 Å². The number of hydrogen-bond acceptors (Lipinski definition) is 2. The van der Waals surface area contributed by atoms with Crippen LogP contribution in [0.25, 0.3) is 0 Å². The molecule has 0 radical (unpaired) electrons. The summed E-state index contributed by atoms with van der Waals surface area (Å²) in [7, 11) is 0. The molecule has 1 aliphatic heterocycles. The Hall–Kier alpha value is -1.35. The van der Waals surface area contributed by atoms with Crippen LogP contribution in [0.2, 0.25) is 0 Å². The SMILES string of the molecule is CCc1cccc(CC)c1N1CCCC(N)C1=O. The molecule has 2 N–H and O–H groups in total. The molecule has 3 nitrogen and oxygen atoms in total. The summed E-state index contributed by atoms with van der Waals surface area (Å²) in [5.74, 6) is 0.0804. The minimum atomic E-state index is -0.326. The van der Waals surface area contributed by atoms with Gasteiger partial charge in [0.25, 0.3) is 0 Å². The Balaban J connectivity index is 2.45.